The Bertz CT molecular complexity index is 293. The Labute approximate surface area is 94.7 Å². The summed E-state index contributed by atoms with van der Waals surface area (Å²) in [6.07, 6.45) is 2.12. The van der Waals surface area contributed by atoms with Crippen molar-refractivity contribution in [3.63, 3.8) is 0 Å². The lowest BCUT2D eigenvalue weighted by atomic mass is 10.2. The van der Waals surface area contributed by atoms with Gasteiger partial charge < -0.3 is 15.8 Å². The average molecular weight is 226 g/mol. The monoisotopic (exact) mass is 226 g/mol. The molecule has 0 aromatic heterocycles. The molecule has 16 heavy (non-hydrogen) atoms. The quantitative estimate of drug-likeness (QED) is 0.288. The highest BCUT2D eigenvalue weighted by Crippen LogP contribution is 2.31. The first-order chi connectivity index (χ1) is 7.70. The number of nitrogens with zero attached hydrogens (tertiary/aromatic N) is 3. The van der Waals surface area contributed by atoms with E-state index in [1.165, 1.54) is 0 Å². The highest BCUT2D eigenvalue weighted by molar-refractivity contribution is 5.82. The molecule has 1 amide bonds. The van der Waals surface area contributed by atoms with Gasteiger partial charge in [0.05, 0.1) is 6.54 Å². The van der Waals surface area contributed by atoms with Crippen LogP contribution in [-0.2, 0) is 4.79 Å². The number of amidine groups is 1. The van der Waals surface area contributed by atoms with Crippen molar-refractivity contribution >= 4 is 11.7 Å². The van der Waals surface area contributed by atoms with Gasteiger partial charge in [-0.05, 0) is 12.8 Å². The molecule has 6 heteroatoms. The van der Waals surface area contributed by atoms with Gasteiger partial charge in [0.25, 0.3) is 0 Å². The van der Waals surface area contributed by atoms with Gasteiger partial charge in [0.1, 0.15) is 0 Å². The maximum absolute atomic E-state index is 11.8. The molecule has 0 aromatic carbocycles. The molecule has 0 radical (unpaired) electrons. The van der Waals surface area contributed by atoms with Gasteiger partial charge >= 0.3 is 0 Å². The van der Waals surface area contributed by atoms with Crippen molar-refractivity contribution in [3.8, 4) is 0 Å². The topological polar surface area (TPSA) is 82.2 Å². The molecule has 0 spiro atoms. The maximum Gasteiger partial charge on any atom is 0.225 e. The minimum absolute atomic E-state index is 0.224. The first-order valence-corrected chi connectivity index (χ1v) is 5.68. The van der Waals surface area contributed by atoms with Gasteiger partial charge in [-0.25, -0.2) is 0 Å². The first-order valence-electron chi connectivity index (χ1n) is 5.68. The number of carbonyl (C=O) groups excluding carboxylic acids is 1. The summed E-state index contributed by atoms with van der Waals surface area (Å²) in [5.74, 6) is 0.834. The van der Waals surface area contributed by atoms with E-state index in [4.69, 9.17) is 10.9 Å². The van der Waals surface area contributed by atoms with E-state index in [0.29, 0.717) is 18.4 Å². The summed E-state index contributed by atoms with van der Waals surface area (Å²) in [7, 11) is 0. The van der Waals surface area contributed by atoms with Crippen molar-refractivity contribution in [2.75, 3.05) is 32.7 Å². The molecular formula is C10H18N4O2. The maximum atomic E-state index is 11.8. The SMILES string of the molecule is NC(CN1CCN(C(=O)C2CC2)CC1)=NO. The molecule has 1 aliphatic heterocycles. The van der Waals surface area contributed by atoms with Crippen LogP contribution in [0.2, 0.25) is 0 Å². The van der Waals surface area contributed by atoms with Crippen molar-refractivity contribution in [2.24, 2.45) is 16.8 Å². The predicted octanol–water partition coefficient (Wildman–Crippen LogP) is -0.713. The van der Waals surface area contributed by atoms with Crippen LogP contribution in [0.4, 0.5) is 0 Å². The highest BCUT2D eigenvalue weighted by atomic mass is 16.4. The molecule has 0 aromatic rings. The number of rotatable bonds is 3. The van der Waals surface area contributed by atoms with E-state index in [-0.39, 0.29) is 5.84 Å². The molecule has 2 rings (SSSR count). The van der Waals surface area contributed by atoms with Crippen molar-refractivity contribution in [1.82, 2.24) is 9.80 Å². The summed E-state index contributed by atoms with van der Waals surface area (Å²) in [5, 5.41) is 11.4. The molecule has 0 atom stereocenters. The summed E-state index contributed by atoms with van der Waals surface area (Å²) in [5.41, 5.74) is 5.43. The molecule has 2 aliphatic rings. The van der Waals surface area contributed by atoms with Crippen molar-refractivity contribution in [3.05, 3.63) is 0 Å². The number of hydrogen-bond donors (Lipinski definition) is 2. The number of oxime groups is 1. The normalized spacial score (nSPS) is 23.5. The third kappa shape index (κ3) is 2.63. The molecule has 0 bridgehead atoms. The van der Waals surface area contributed by atoms with E-state index in [1.807, 2.05) is 4.90 Å². The van der Waals surface area contributed by atoms with Crippen LogP contribution in [-0.4, -0.2) is 59.5 Å². The molecule has 1 heterocycles. The second kappa shape index (κ2) is 4.69. The largest absolute Gasteiger partial charge is 0.409 e. The van der Waals surface area contributed by atoms with Gasteiger partial charge in [-0.3, -0.25) is 9.69 Å². The van der Waals surface area contributed by atoms with Crippen LogP contribution < -0.4 is 5.73 Å². The molecule has 1 saturated heterocycles. The Kier molecular flexibility index (Phi) is 3.28. The number of carbonyl (C=O) groups is 1. The second-order valence-corrected chi connectivity index (χ2v) is 4.47. The zero-order valence-corrected chi connectivity index (χ0v) is 9.30. The predicted molar refractivity (Wildman–Crippen MR) is 59.2 cm³/mol. The lowest BCUT2D eigenvalue weighted by Gasteiger charge is -2.34. The third-order valence-electron chi connectivity index (χ3n) is 3.12. The van der Waals surface area contributed by atoms with Crippen molar-refractivity contribution < 1.29 is 10.0 Å². The van der Waals surface area contributed by atoms with Gasteiger partial charge in [-0.15, -0.1) is 0 Å². The van der Waals surface area contributed by atoms with E-state index in [0.717, 1.165) is 39.0 Å². The summed E-state index contributed by atoms with van der Waals surface area (Å²) in [6, 6.07) is 0. The minimum atomic E-state index is 0.224. The van der Waals surface area contributed by atoms with E-state index < -0.39 is 0 Å². The number of hydrogen-bond acceptors (Lipinski definition) is 4. The minimum Gasteiger partial charge on any atom is -0.409 e. The lowest BCUT2D eigenvalue weighted by molar-refractivity contribution is -0.134. The van der Waals surface area contributed by atoms with E-state index in [2.05, 4.69) is 10.1 Å². The first kappa shape index (κ1) is 11.2. The van der Waals surface area contributed by atoms with Crippen LogP contribution >= 0.6 is 0 Å². The van der Waals surface area contributed by atoms with E-state index in [9.17, 15) is 4.79 Å². The van der Waals surface area contributed by atoms with Gasteiger partial charge in [0.15, 0.2) is 5.84 Å². The fraction of sp³-hybridized carbons (Fsp3) is 0.800. The Morgan fingerprint density at radius 3 is 2.44 bits per heavy atom. The highest BCUT2D eigenvalue weighted by Gasteiger charge is 2.34. The van der Waals surface area contributed by atoms with Crippen molar-refractivity contribution in [1.29, 1.82) is 0 Å². The van der Waals surface area contributed by atoms with Crippen LogP contribution in [0.3, 0.4) is 0 Å². The number of amides is 1. The van der Waals surface area contributed by atoms with Crippen LogP contribution in [0, 0.1) is 5.92 Å². The van der Waals surface area contributed by atoms with Crippen LogP contribution in [0.25, 0.3) is 0 Å². The molecular weight excluding hydrogens is 208 g/mol. The van der Waals surface area contributed by atoms with Gasteiger partial charge in [-0.1, -0.05) is 5.16 Å². The molecule has 1 aliphatic carbocycles. The average Bonchev–Trinajstić information content (AvgIpc) is 3.13. The van der Waals surface area contributed by atoms with Gasteiger partial charge in [-0.2, -0.15) is 0 Å². The second-order valence-electron chi connectivity index (χ2n) is 4.47. The van der Waals surface area contributed by atoms with E-state index in [1.54, 1.807) is 0 Å². The summed E-state index contributed by atoms with van der Waals surface area (Å²) in [4.78, 5) is 15.8. The third-order valence-corrected chi connectivity index (χ3v) is 3.12. The zero-order valence-electron chi connectivity index (χ0n) is 9.30. The Balaban J connectivity index is 1.75. The lowest BCUT2D eigenvalue weighted by Crippen LogP contribution is -2.51. The molecule has 1 saturated carbocycles. The molecule has 2 fully saturated rings. The van der Waals surface area contributed by atoms with E-state index >= 15 is 0 Å². The van der Waals surface area contributed by atoms with Crippen molar-refractivity contribution in [2.45, 2.75) is 12.8 Å². The number of piperazine rings is 1. The Morgan fingerprint density at radius 1 is 1.31 bits per heavy atom. The Hall–Kier alpha value is -1.30. The molecule has 3 N–H and O–H groups in total. The molecule has 0 unspecified atom stereocenters. The molecule has 6 nitrogen and oxygen atoms in total. The summed E-state index contributed by atoms with van der Waals surface area (Å²) >= 11 is 0. The standard InChI is InChI=1S/C10H18N4O2/c11-9(12-16)7-13-3-5-14(6-4-13)10(15)8-1-2-8/h8,16H,1-7H2,(H2,11,12). The summed E-state index contributed by atoms with van der Waals surface area (Å²) in [6.45, 7) is 3.59. The molecule has 90 valence electrons. The fourth-order valence-corrected chi connectivity index (χ4v) is 1.98. The van der Waals surface area contributed by atoms with Gasteiger partial charge in [0, 0.05) is 32.1 Å². The summed E-state index contributed by atoms with van der Waals surface area (Å²) < 4.78 is 0. The Morgan fingerprint density at radius 2 is 1.94 bits per heavy atom. The van der Waals surface area contributed by atoms with Crippen LogP contribution in [0.15, 0.2) is 5.16 Å². The fourth-order valence-electron chi connectivity index (χ4n) is 1.98. The van der Waals surface area contributed by atoms with Crippen LogP contribution in [0.1, 0.15) is 12.8 Å². The van der Waals surface area contributed by atoms with Gasteiger partial charge in [0.2, 0.25) is 5.91 Å². The zero-order chi connectivity index (χ0) is 11.5. The van der Waals surface area contributed by atoms with Crippen LogP contribution in [0.5, 0.6) is 0 Å². The number of nitrogens with two attached hydrogens (primary N) is 1. The smallest absolute Gasteiger partial charge is 0.225 e.